The summed E-state index contributed by atoms with van der Waals surface area (Å²) in [6, 6.07) is 37.4. The Labute approximate surface area is 179 Å². The van der Waals surface area contributed by atoms with Gasteiger partial charge in [-0.2, -0.15) is 0 Å². The molecule has 0 fully saturated rings. The van der Waals surface area contributed by atoms with Crippen LogP contribution in [0.25, 0.3) is 0 Å². The number of hydrogen-bond acceptors (Lipinski definition) is 2. The third-order valence-corrected chi connectivity index (χ3v) is 5.55. The van der Waals surface area contributed by atoms with E-state index in [1.807, 2.05) is 24.3 Å². The van der Waals surface area contributed by atoms with Crippen molar-refractivity contribution < 1.29 is 5.11 Å². The third kappa shape index (κ3) is 4.72. The molecule has 0 saturated heterocycles. The van der Waals surface area contributed by atoms with Crippen molar-refractivity contribution in [3.63, 3.8) is 0 Å². The van der Waals surface area contributed by atoms with Gasteiger partial charge in [-0.1, -0.05) is 67.6 Å². The lowest BCUT2D eigenvalue weighted by molar-refractivity contribution is 0.475. The van der Waals surface area contributed by atoms with E-state index in [0.29, 0.717) is 11.7 Å². The molecule has 2 heteroatoms. The molecule has 0 aromatic heterocycles. The maximum atomic E-state index is 9.44. The van der Waals surface area contributed by atoms with Crippen molar-refractivity contribution in [2.75, 3.05) is 4.90 Å². The van der Waals surface area contributed by atoms with E-state index in [4.69, 9.17) is 0 Å². The zero-order valence-electron chi connectivity index (χ0n) is 17.3. The molecule has 1 unspecified atom stereocenters. The van der Waals surface area contributed by atoms with E-state index >= 15 is 0 Å². The van der Waals surface area contributed by atoms with Gasteiger partial charge in [-0.3, -0.25) is 0 Å². The van der Waals surface area contributed by atoms with Crippen LogP contribution in [0.4, 0.5) is 17.1 Å². The molecule has 0 aliphatic carbocycles. The number of aryl methyl sites for hydroxylation is 1. The number of rotatable bonds is 7. The molecule has 4 aromatic rings. The lowest BCUT2D eigenvalue weighted by Gasteiger charge is -2.26. The molecule has 0 spiro atoms. The number of anilines is 3. The average Bonchev–Trinajstić information content (AvgIpc) is 2.81. The summed E-state index contributed by atoms with van der Waals surface area (Å²) < 4.78 is 0. The van der Waals surface area contributed by atoms with Crippen molar-refractivity contribution in [2.24, 2.45) is 0 Å². The summed E-state index contributed by atoms with van der Waals surface area (Å²) in [6.45, 7) is 2.28. The highest BCUT2D eigenvalue weighted by molar-refractivity contribution is 5.76. The molecule has 150 valence electrons. The van der Waals surface area contributed by atoms with Crippen LogP contribution >= 0.6 is 0 Å². The Hall–Kier alpha value is -3.52. The Kier molecular flexibility index (Phi) is 6.14. The molecule has 4 rings (SSSR count). The van der Waals surface area contributed by atoms with Gasteiger partial charge in [0.25, 0.3) is 0 Å². The lowest BCUT2D eigenvalue weighted by atomic mass is 9.94. The minimum Gasteiger partial charge on any atom is -0.508 e. The van der Waals surface area contributed by atoms with Crippen LogP contribution in [0.5, 0.6) is 5.75 Å². The van der Waals surface area contributed by atoms with Crippen molar-refractivity contribution in [1.82, 2.24) is 0 Å². The fourth-order valence-corrected chi connectivity index (χ4v) is 3.77. The number of benzene rings is 4. The fraction of sp³-hybridized carbons (Fsp3) is 0.143. The second kappa shape index (κ2) is 9.32. The van der Waals surface area contributed by atoms with Gasteiger partial charge in [0.1, 0.15) is 5.75 Å². The standard InChI is InChI=1S/C28H27NO/c1-22(12-13-23-14-20-28(30)21-15-23)24-16-18-27(19-17-24)29(25-8-4-2-5-9-25)26-10-6-3-7-11-26/h2-11,14-22,30H,12-13H2,1H3. The van der Waals surface area contributed by atoms with Gasteiger partial charge >= 0.3 is 0 Å². The van der Waals surface area contributed by atoms with Crippen LogP contribution in [-0.4, -0.2) is 5.11 Å². The Morgan fingerprint density at radius 1 is 0.633 bits per heavy atom. The summed E-state index contributed by atoms with van der Waals surface area (Å²) in [5.41, 5.74) is 6.06. The molecule has 0 bridgehead atoms. The average molecular weight is 394 g/mol. The van der Waals surface area contributed by atoms with Gasteiger partial charge in [-0.15, -0.1) is 0 Å². The fourth-order valence-electron chi connectivity index (χ4n) is 3.77. The summed E-state index contributed by atoms with van der Waals surface area (Å²) >= 11 is 0. The molecule has 30 heavy (non-hydrogen) atoms. The number of hydrogen-bond donors (Lipinski definition) is 1. The Morgan fingerprint density at radius 3 is 1.67 bits per heavy atom. The van der Waals surface area contributed by atoms with E-state index in [1.165, 1.54) is 11.1 Å². The quantitative estimate of drug-likeness (QED) is 0.349. The molecule has 0 amide bonds. The van der Waals surface area contributed by atoms with Gasteiger partial charge in [-0.05, 0) is 78.4 Å². The Bertz CT molecular complexity index is 1000. The van der Waals surface area contributed by atoms with Crippen molar-refractivity contribution in [2.45, 2.75) is 25.7 Å². The van der Waals surface area contributed by atoms with Crippen molar-refractivity contribution in [3.8, 4) is 5.75 Å². The van der Waals surface area contributed by atoms with E-state index in [0.717, 1.165) is 29.9 Å². The highest BCUT2D eigenvalue weighted by atomic mass is 16.3. The summed E-state index contributed by atoms with van der Waals surface area (Å²) in [5.74, 6) is 0.790. The second-order valence-electron chi connectivity index (χ2n) is 7.70. The van der Waals surface area contributed by atoms with Crippen LogP contribution in [-0.2, 0) is 6.42 Å². The summed E-state index contributed by atoms with van der Waals surface area (Å²) in [4.78, 5) is 2.28. The normalized spacial score (nSPS) is 11.8. The first-order valence-corrected chi connectivity index (χ1v) is 10.5. The minimum atomic E-state index is 0.323. The van der Waals surface area contributed by atoms with E-state index < -0.39 is 0 Å². The Morgan fingerprint density at radius 2 is 1.13 bits per heavy atom. The molecule has 0 aliphatic heterocycles. The largest absolute Gasteiger partial charge is 0.508 e. The first kappa shape index (κ1) is 19.8. The summed E-state index contributed by atoms with van der Waals surface area (Å²) in [7, 11) is 0. The predicted octanol–water partition coefficient (Wildman–Crippen LogP) is 7.60. The van der Waals surface area contributed by atoms with Gasteiger partial charge in [0.2, 0.25) is 0 Å². The zero-order valence-corrected chi connectivity index (χ0v) is 17.3. The van der Waals surface area contributed by atoms with Crippen molar-refractivity contribution >= 4 is 17.1 Å². The van der Waals surface area contributed by atoms with Gasteiger partial charge in [0.15, 0.2) is 0 Å². The molecule has 1 N–H and O–H groups in total. The molecule has 0 saturated carbocycles. The summed E-state index contributed by atoms with van der Waals surface area (Å²) in [6.07, 6.45) is 2.08. The molecule has 4 aromatic carbocycles. The van der Waals surface area contributed by atoms with E-state index in [1.54, 1.807) is 12.1 Å². The van der Waals surface area contributed by atoms with Crippen LogP contribution in [0.2, 0.25) is 0 Å². The van der Waals surface area contributed by atoms with Crippen LogP contribution < -0.4 is 4.90 Å². The number of phenols is 1. The highest BCUT2D eigenvalue weighted by Gasteiger charge is 2.13. The number of phenolic OH excluding ortho intramolecular Hbond substituents is 1. The highest BCUT2D eigenvalue weighted by Crippen LogP contribution is 2.35. The topological polar surface area (TPSA) is 23.5 Å². The zero-order chi connectivity index (χ0) is 20.8. The maximum absolute atomic E-state index is 9.44. The number of nitrogens with zero attached hydrogens (tertiary/aromatic N) is 1. The molecule has 0 heterocycles. The van der Waals surface area contributed by atoms with Crippen molar-refractivity contribution in [1.29, 1.82) is 0 Å². The summed E-state index contributed by atoms with van der Waals surface area (Å²) in [5, 5.41) is 9.44. The number of para-hydroxylation sites is 2. The lowest BCUT2D eigenvalue weighted by Crippen LogP contribution is -2.09. The maximum Gasteiger partial charge on any atom is 0.115 e. The minimum absolute atomic E-state index is 0.323. The SMILES string of the molecule is CC(CCc1ccc(O)cc1)c1ccc(N(c2ccccc2)c2ccccc2)cc1. The van der Waals surface area contributed by atoms with Crippen LogP contribution in [0.1, 0.15) is 30.4 Å². The van der Waals surface area contributed by atoms with Gasteiger partial charge in [0, 0.05) is 17.1 Å². The third-order valence-electron chi connectivity index (χ3n) is 5.55. The van der Waals surface area contributed by atoms with Crippen molar-refractivity contribution in [3.05, 3.63) is 120 Å². The molecule has 0 radical (unpaired) electrons. The molecular weight excluding hydrogens is 366 g/mol. The molecule has 0 aliphatic rings. The monoisotopic (exact) mass is 393 g/mol. The van der Waals surface area contributed by atoms with E-state index in [2.05, 4.69) is 84.6 Å². The first-order valence-electron chi connectivity index (χ1n) is 10.5. The molecule has 2 nitrogen and oxygen atoms in total. The van der Waals surface area contributed by atoms with E-state index in [9.17, 15) is 5.11 Å². The van der Waals surface area contributed by atoms with Crippen LogP contribution in [0.15, 0.2) is 109 Å². The van der Waals surface area contributed by atoms with Gasteiger partial charge in [0.05, 0.1) is 0 Å². The second-order valence-corrected chi connectivity index (χ2v) is 7.70. The smallest absolute Gasteiger partial charge is 0.115 e. The van der Waals surface area contributed by atoms with Crippen LogP contribution in [0, 0.1) is 0 Å². The van der Waals surface area contributed by atoms with Crippen LogP contribution in [0.3, 0.4) is 0 Å². The molecular formula is C28H27NO. The molecule has 1 atom stereocenters. The predicted molar refractivity (Wildman–Crippen MR) is 126 cm³/mol. The van der Waals surface area contributed by atoms with Gasteiger partial charge < -0.3 is 10.0 Å². The first-order chi connectivity index (χ1) is 14.7. The number of aromatic hydroxyl groups is 1. The van der Waals surface area contributed by atoms with Gasteiger partial charge in [-0.25, -0.2) is 0 Å². The van der Waals surface area contributed by atoms with E-state index in [-0.39, 0.29) is 0 Å². The Balaban J connectivity index is 1.52.